The van der Waals surface area contributed by atoms with E-state index in [0.717, 1.165) is 31.7 Å². The van der Waals surface area contributed by atoms with Crippen LogP contribution >= 0.6 is 11.3 Å². The summed E-state index contributed by atoms with van der Waals surface area (Å²) < 4.78 is 93.4. The van der Waals surface area contributed by atoms with Gasteiger partial charge in [0.05, 0.1) is 17.4 Å². The number of hydrogen-bond acceptors (Lipinski definition) is 9. The monoisotopic (exact) mass is 645 g/mol. The van der Waals surface area contributed by atoms with Crippen LogP contribution in [-0.2, 0) is 22.4 Å². The van der Waals surface area contributed by atoms with E-state index in [1.54, 1.807) is 6.07 Å². The summed E-state index contributed by atoms with van der Waals surface area (Å²) in [5, 5.41) is 4.81. The summed E-state index contributed by atoms with van der Waals surface area (Å²) >= 11 is -1.27. The van der Waals surface area contributed by atoms with E-state index in [1.807, 2.05) is 0 Å². The first-order valence-electron chi connectivity index (χ1n) is 13.6. The predicted molar refractivity (Wildman–Crippen MR) is 144 cm³/mol. The molecular weight excluding hydrogens is 621 g/mol. The molecule has 2 aliphatic heterocycles. The third-order valence-corrected chi connectivity index (χ3v) is 9.75. The molecule has 4 heterocycles. The van der Waals surface area contributed by atoms with Crippen LogP contribution in [0.1, 0.15) is 55.8 Å². The van der Waals surface area contributed by atoms with Crippen molar-refractivity contribution in [3.05, 3.63) is 53.5 Å². The van der Waals surface area contributed by atoms with Crippen LogP contribution in [0.5, 0.6) is 5.75 Å². The van der Waals surface area contributed by atoms with Crippen LogP contribution in [0, 0.1) is 5.82 Å². The number of anilines is 1. The molecule has 0 spiro atoms. The first-order valence-corrected chi connectivity index (χ1v) is 15.5. The van der Waals surface area contributed by atoms with Gasteiger partial charge in [-0.15, -0.1) is 13.2 Å². The van der Waals surface area contributed by atoms with E-state index >= 15 is 0 Å². The Morgan fingerprint density at radius 3 is 2.51 bits per heavy atom. The Kier molecular flexibility index (Phi) is 8.65. The molecule has 3 fully saturated rings. The van der Waals surface area contributed by atoms with Gasteiger partial charge in [-0.25, -0.2) is 9.37 Å². The minimum Gasteiger partial charge on any atom is -0.768 e. The molecule has 4 aromatic rings. The first-order chi connectivity index (χ1) is 20.1. The molecule has 0 radical (unpaired) electrons. The van der Waals surface area contributed by atoms with Gasteiger partial charge in [0, 0.05) is 34.0 Å². The van der Waals surface area contributed by atoms with Crippen molar-refractivity contribution >= 4 is 37.8 Å². The maximum Gasteiger partial charge on any atom is 1.00 e. The minimum absolute atomic E-state index is 0. The minimum atomic E-state index is -4.85. The number of fused-ring (bicyclic) bond motifs is 3. The number of hydrogen-bond donors (Lipinski definition) is 0. The van der Waals surface area contributed by atoms with Crippen LogP contribution in [-0.4, -0.2) is 43.5 Å². The van der Waals surface area contributed by atoms with Crippen LogP contribution < -0.4 is 39.2 Å². The van der Waals surface area contributed by atoms with Crippen LogP contribution in [0.25, 0.3) is 21.5 Å². The maximum atomic E-state index is 14.6. The number of benzene rings is 2. The van der Waals surface area contributed by atoms with Gasteiger partial charge in [-0.05, 0) is 73.9 Å². The van der Waals surface area contributed by atoms with Gasteiger partial charge in [0.2, 0.25) is 0 Å². The largest absolute Gasteiger partial charge is 1.00 e. The molecule has 8 nitrogen and oxygen atoms in total. The second-order valence-corrected chi connectivity index (χ2v) is 12.8. The van der Waals surface area contributed by atoms with Crippen molar-refractivity contribution in [3.63, 3.8) is 0 Å². The van der Waals surface area contributed by atoms with E-state index in [4.69, 9.17) is 9.26 Å². The van der Waals surface area contributed by atoms with Crippen LogP contribution in [0.3, 0.4) is 0 Å². The van der Waals surface area contributed by atoms with Crippen LogP contribution in [0.4, 0.5) is 22.7 Å². The Morgan fingerprint density at radius 2 is 1.84 bits per heavy atom. The van der Waals surface area contributed by atoms with Gasteiger partial charge in [0.15, 0.2) is 10.9 Å². The van der Waals surface area contributed by atoms with Crippen molar-refractivity contribution in [2.45, 2.75) is 80.5 Å². The number of nitrogens with zero attached hydrogens (tertiary/aromatic N) is 3. The fraction of sp³-hybridized carbons (Fsp3) is 0.429. The third kappa shape index (κ3) is 6.24. The Labute approximate surface area is 272 Å². The molecule has 1 aliphatic carbocycles. The number of thiazole rings is 1. The Morgan fingerprint density at radius 1 is 1.12 bits per heavy atom. The number of ether oxygens (including phenoxy) is 2. The summed E-state index contributed by atoms with van der Waals surface area (Å²) in [6.07, 6.45) is 0.0698. The molecule has 3 aliphatic rings. The van der Waals surface area contributed by atoms with Gasteiger partial charge in [0.25, 0.3) is 0 Å². The molecule has 2 saturated heterocycles. The fourth-order valence-electron chi connectivity index (χ4n) is 6.15. The molecule has 15 heteroatoms. The molecule has 2 bridgehead atoms. The maximum absolute atomic E-state index is 14.6. The summed E-state index contributed by atoms with van der Waals surface area (Å²) in [6, 6.07) is 8.50. The van der Waals surface area contributed by atoms with Gasteiger partial charge >= 0.3 is 35.9 Å². The van der Waals surface area contributed by atoms with Crippen LogP contribution in [0.15, 0.2) is 45.8 Å². The number of piperidine rings is 1. The fourth-order valence-corrected chi connectivity index (χ4v) is 7.80. The number of aromatic nitrogens is 2. The third-order valence-electron chi connectivity index (χ3n) is 8.11. The van der Waals surface area contributed by atoms with Gasteiger partial charge in [-0.2, -0.15) is 0 Å². The van der Waals surface area contributed by atoms with E-state index in [9.17, 15) is 26.3 Å². The van der Waals surface area contributed by atoms with E-state index in [1.165, 1.54) is 35.6 Å². The molecule has 43 heavy (non-hydrogen) atoms. The van der Waals surface area contributed by atoms with Gasteiger partial charge in [0.1, 0.15) is 22.7 Å². The van der Waals surface area contributed by atoms with E-state index < -0.39 is 23.3 Å². The molecule has 4 atom stereocenters. The van der Waals surface area contributed by atoms with Crippen molar-refractivity contribution in [2.75, 3.05) is 4.90 Å². The average molecular weight is 646 g/mol. The summed E-state index contributed by atoms with van der Waals surface area (Å²) in [5.41, 5.74) is 1.26. The molecule has 2 aromatic heterocycles. The van der Waals surface area contributed by atoms with Crippen molar-refractivity contribution in [3.8, 4) is 17.0 Å². The molecule has 0 N–H and O–H groups in total. The van der Waals surface area contributed by atoms with Crippen molar-refractivity contribution in [1.29, 1.82) is 0 Å². The number of para-hydroxylation sites is 1. The van der Waals surface area contributed by atoms with Crippen molar-refractivity contribution in [1.82, 2.24) is 10.1 Å². The second-order valence-electron chi connectivity index (χ2n) is 10.9. The SMILES string of the molecule is O=S([O-])c1cc(F)c2nc(N3[C@@H]4CC[C@H]3CC(OCc3c(-c5ccccc5OC(F)(F)F)noc3C3CC3)C4)sc2c1.[Na+]. The molecular formula is C28H24F4N3NaO5S2. The standard InChI is InChI=1S/C28H25F4N3O5S2.Na/c29-21-11-18(42(36)37)12-23-25(21)33-27(41-23)35-15-7-8-16(35)10-17(9-15)38-13-20-24(34-40-26(20)14-5-6-14)19-3-1-2-4-22(19)39-28(30,31)32;/h1-4,11-12,14-17H,5-10,13H2,(H,36,37);/q;+1/p-1/t15-,16+,17?;. The van der Waals surface area contributed by atoms with Gasteiger partial charge in [-0.1, -0.05) is 28.6 Å². The van der Waals surface area contributed by atoms with E-state index in [0.29, 0.717) is 34.0 Å². The first kappa shape index (κ1) is 30.9. The topological polar surface area (TPSA) is 101 Å². The number of rotatable bonds is 8. The molecule has 7 rings (SSSR count). The Hall–Kier alpha value is -2.07. The predicted octanol–water partition coefficient (Wildman–Crippen LogP) is 3.83. The quantitative estimate of drug-likeness (QED) is 0.162. The normalized spacial score (nSPS) is 22.5. The number of halogens is 4. The van der Waals surface area contributed by atoms with Crippen molar-refractivity contribution in [2.24, 2.45) is 0 Å². The molecule has 1 saturated carbocycles. The van der Waals surface area contributed by atoms with Gasteiger partial charge in [-0.3, -0.25) is 4.21 Å². The zero-order chi connectivity index (χ0) is 29.2. The molecule has 222 valence electrons. The molecule has 2 aromatic carbocycles. The van der Waals surface area contributed by atoms with Crippen molar-refractivity contribution < 1.29 is 69.9 Å². The summed E-state index contributed by atoms with van der Waals surface area (Å²) in [6.45, 7) is 0.136. The van der Waals surface area contributed by atoms with E-state index in [2.05, 4.69) is 19.8 Å². The Balaban J connectivity index is 0.00000329. The van der Waals surface area contributed by atoms with Gasteiger partial charge < -0.3 is 23.4 Å². The summed E-state index contributed by atoms with van der Waals surface area (Å²) in [5.74, 6) is -0.216. The Bertz CT molecular complexity index is 1660. The summed E-state index contributed by atoms with van der Waals surface area (Å²) in [4.78, 5) is 6.60. The average Bonchev–Trinajstić information content (AvgIpc) is 3.45. The zero-order valence-corrected chi connectivity index (χ0v) is 26.6. The molecule has 2 unspecified atom stereocenters. The van der Waals surface area contributed by atoms with Crippen LogP contribution in [0.2, 0.25) is 0 Å². The smallest absolute Gasteiger partial charge is 0.768 e. The zero-order valence-electron chi connectivity index (χ0n) is 22.9. The second kappa shape index (κ2) is 12.0. The molecule has 0 amide bonds. The van der Waals surface area contributed by atoms with E-state index in [-0.39, 0.29) is 87.7 Å². The number of alkyl halides is 3. The summed E-state index contributed by atoms with van der Waals surface area (Å²) in [7, 11) is 0.